The summed E-state index contributed by atoms with van der Waals surface area (Å²) < 4.78 is 0. The zero-order chi connectivity index (χ0) is 8.16. The number of aliphatic hydroxyl groups excluding tert-OH is 1. The van der Waals surface area contributed by atoms with Crippen molar-refractivity contribution in [2.24, 2.45) is 5.41 Å². The maximum absolute atomic E-state index is 8.71. The number of rotatable bonds is 4. The fourth-order valence-corrected chi connectivity index (χ4v) is 1.90. The van der Waals surface area contributed by atoms with Crippen molar-refractivity contribution in [3.8, 4) is 0 Å². The van der Waals surface area contributed by atoms with Crippen LogP contribution in [0.5, 0.6) is 0 Å². The Labute approximate surface area is 69.1 Å². The summed E-state index contributed by atoms with van der Waals surface area (Å²) in [6.07, 6.45) is 10.5. The first-order chi connectivity index (χ1) is 5.33. The van der Waals surface area contributed by atoms with E-state index in [1.807, 2.05) is 0 Å². The summed E-state index contributed by atoms with van der Waals surface area (Å²) in [4.78, 5) is 0. The van der Waals surface area contributed by atoms with Crippen molar-refractivity contribution in [3.05, 3.63) is 12.2 Å². The van der Waals surface area contributed by atoms with Crippen LogP contribution in [0.3, 0.4) is 0 Å². The van der Waals surface area contributed by atoms with E-state index in [1.165, 1.54) is 19.3 Å². The lowest BCUT2D eigenvalue weighted by Crippen LogP contribution is -2.13. The van der Waals surface area contributed by atoms with Gasteiger partial charge in [-0.15, -0.1) is 0 Å². The monoisotopic (exact) mass is 154 g/mol. The molecule has 0 heterocycles. The largest absolute Gasteiger partial charge is 0.396 e. The number of aliphatic hydroxyl groups is 1. The fraction of sp³-hybridized carbons (Fsp3) is 0.800. The van der Waals surface area contributed by atoms with Gasteiger partial charge in [-0.2, -0.15) is 0 Å². The van der Waals surface area contributed by atoms with Crippen molar-refractivity contribution in [2.75, 3.05) is 6.61 Å². The molecule has 0 saturated carbocycles. The van der Waals surface area contributed by atoms with Gasteiger partial charge in [0.1, 0.15) is 0 Å². The molecule has 0 bridgehead atoms. The van der Waals surface area contributed by atoms with Crippen LogP contribution in [0.4, 0.5) is 0 Å². The Morgan fingerprint density at radius 3 is 2.82 bits per heavy atom. The summed E-state index contributed by atoms with van der Waals surface area (Å²) >= 11 is 0. The van der Waals surface area contributed by atoms with Gasteiger partial charge in [0.2, 0.25) is 0 Å². The summed E-state index contributed by atoms with van der Waals surface area (Å²) in [6, 6.07) is 0. The molecule has 0 aromatic heterocycles. The first kappa shape index (κ1) is 8.79. The Morgan fingerprint density at radius 1 is 1.55 bits per heavy atom. The molecule has 1 rings (SSSR count). The highest BCUT2D eigenvalue weighted by Crippen LogP contribution is 2.39. The van der Waals surface area contributed by atoms with Gasteiger partial charge in [0.05, 0.1) is 0 Å². The second kappa shape index (κ2) is 3.91. The SMILES string of the molecule is CC[C@]1(CCCO)C=CCC1. The average Bonchev–Trinajstić information content (AvgIpc) is 2.50. The van der Waals surface area contributed by atoms with Crippen LogP contribution < -0.4 is 0 Å². The standard InChI is InChI=1S/C10H18O/c1-2-10(8-5-9-11)6-3-4-7-10/h3,6,11H,2,4-5,7-9H2,1H3/t10-/m0/s1. The molecule has 0 amide bonds. The predicted molar refractivity (Wildman–Crippen MR) is 47.4 cm³/mol. The molecule has 1 atom stereocenters. The highest BCUT2D eigenvalue weighted by atomic mass is 16.2. The highest BCUT2D eigenvalue weighted by molar-refractivity contribution is 5.05. The minimum atomic E-state index is 0.343. The van der Waals surface area contributed by atoms with E-state index in [9.17, 15) is 0 Å². The second-order valence-electron chi connectivity index (χ2n) is 3.48. The van der Waals surface area contributed by atoms with Crippen LogP contribution in [0, 0.1) is 5.41 Å². The molecule has 0 unspecified atom stereocenters. The van der Waals surface area contributed by atoms with Crippen LogP contribution in [0.1, 0.15) is 39.0 Å². The van der Waals surface area contributed by atoms with E-state index in [0.29, 0.717) is 12.0 Å². The molecule has 1 N–H and O–H groups in total. The molecule has 11 heavy (non-hydrogen) atoms. The third-order valence-electron chi connectivity index (χ3n) is 2.82. The maximum atomic E-state index is 8.71. The van der Waals surface area contributed by atoms with Crippen LogP contribution in [0.25, 0.3) is 0 Å². The van der Waals surface area contributed by atoms with Gasteiger partial charge in [-0.3, -0.25) is 0 Å². The van der Waals surface area contributed by atoms with Gasteiger partial charge in [0.15, 0.2) is 0 Å². The molecule has 1 nitrogen and oxygen atoms in total. The zero-order valence-electron chi connectivity index (χ0n) is 7.34. The van der Waals surface area contributed by atoms with Crippen molar-refractivity contribution >= 4 is 0 Å². The van der Waals surface area contributed by atoms with Gasteiger partial charge in [-0.05, 0) is 37.5 Å². The van der Waals surface area contributed by atoms with Gasteiger partial charge in [0, 0.05) is 6.61 Å². The van der Waals surface area contributed by atoms with Crippen LogP contribution >= 0.6 is 0 Å². The van der Waals surface area contributed by atoms with E-state index in [1.54, 1.807) is 0 Å². The average molecular weight is 154 g/mol. The third kappa shape index (κ3) is 2.06. The Bertz CT molecular complexity index is 140. The Hall–Kier alpha value is -0.300. The normalized spacial score (nSPS) is 29.6. The Balaban J connectivity index is 2.40. The first-order valence-corrected chi connectivity index (χ1v) is 4.61. The second-order valence-corrected chi connectivity index (χ2v) is 3.48. The molecule has 1 aliphatic rings. The van der Waals surface area contributed by atoms with E-state index in [-0.39, 0.29) is 0 Å². The summed E-state index contributed by atoms with van der Waals surface area (Å²) in [5.74, 6) is 0. The van der Waals surface area contributed by atoms with Crippen LogP contribution in [-0.2, 0) is 0 Å². The van der Waals surface area contributed by atoms with Gasteiger partial charge >= 0.3 is 0 Å². The van der Waals surface area contributed by atoms with Crippen molar-refractivity contribution in [3.63, 3.8) is 0 Å². The lowest BCUT2D eigenvalue weighted by molar-refractivity contribution is 0.241. The molecule has 0 spiro atoms. The summed E-state index contributed by atoms with van der Waals surface area (Å²) in [5.41, 5.74) is 0.447. The summed E-state index contributed by atoms with van der Waals surface area (Å²) in [5, 5.41) is 8.71. The van der Waals surface area contributed by atoms with Gasteiger partial charge in [0.25, 0.3) is 0 Å². The first-order valence-electron chi connectivity index (χ1n) is 4.61. The molecule has 0 fully saturated rings. The predicted octanol–water partition coefficient (Wildman–Crippen LogP) is 2.51. The maximum Gasteiger partial charge on any atom is 0.0431 e. The lowest BCUT2D eigenvalue weighted by Gasteiger charge is -2.25. The fourth-order valence-electron chi connectivity index (χ4n) is 1.90. The molecular formula is C10H18O. The third-order valence-corrected chi connectivity index (χ3v) is 2.82. The van der Waals surface area contributed by atoms with Crippen molar-refractivity contribution in [1.82, 2.24) is 0 Å². The minimum absolute atomic E-state index is 0.343. The molecular weight excluding hydrogens is 136 g/mol. The quantitative estimate of drug-likeness (QED) is 0.617. The van der Waals surface area contributed by atoms with E-state index in [2.05, 4.69) is 19.1 Å². The van der Waals surface area contributed by atoms with E-state index < -0.39 is 0 Å². The summed E-state index contributed by atoms with van der Waals surface area (Å²) in [7, 11) is 0. The number of hydrogen-bond acceptors (Lipinski definition) is 1. The smallest absolute Gasteiger partial charge is 0.0431 e. The number of allylic oxidation sites excluding steroid dienone is 2. The molecule has 0 aromatic rings. The van der Waals surface area contributed by atoms with Crippen LogP contribution in [-0.4, -0.2) is 11.7 Å². The van der Waals surface area contributed by atoms with Crippen molar-refractivity contribution in [2.45, 2.75) is 39.0 Å². The molecule has 1 heteroatoms. The summed E-state index contributed by atoms with van der Waals surface area (Å²) in [6.45, 7) is 2.59. The number of hydrogen-bond donors (Lipinski definition) is 1. The van der Waals surface area contributed by atoms with E-state index >= 15 is 0 Å². The van der Waals surface area contributed by atoms with E-state index in [0.717, 1.165) is 12.8 Å². The minimum Gasteiger partial charge on any atom is -0.396 e. The molecule has 1 aliphatic carbocycles. The Morgan fingerprint density at radius 2 is 2.36 bits per heavy atom. The zero-order valence-corrected chi connectivity index (χ0v) is 7.34. The Kier molecular flexibility index (Phi) is 3.13. The van der Waals surface area contributed by atoms with Crippen molar-refractivity contribution in [1.29, 1.82) is 0 Å². The van der Waals surface area contributed by atoms with Gasteiger partial charge in [-0.1, -0.05) is 19.1 Å². The molecule has 0 aromatic carbocycles. The van der Waals surface area contributed by atoms with Crippen molar-refractivity contribution < 1.29 is 5.11 Å². The van der Waals surface area contributed by atoms with Gasteiger partial charge < -0.3 is 5.11 Å². The topological polar surface area (TPSA) is 20.2 Å². The molecule has 0 radical (unpaired) electrons. The molecule has 64 valence electrons. The lowest BCUT2D eigenvalue weighted by atomic mass is 9.80. The highest BCUT2D eigenvalue weighted by Gasteiger charge is 2.26. The molecule has 0 aliphatic heterocycles. The molecule has 0 saturated heterocycles. The van der Waals surface area contributed by atoms with E-state index in [4.69, 9.17) is 5.11 Å². The van der Waals surface area contributed by atoms with Crippen LogP contribution in [0.2, 0.25) is 0 Å². The van der Waals surface area contributed by atoms with Crippen LogP contribution in [0.15, 0.2) is 12.2 Å². The van der Waals surface area contributed by atoms with Gasteiger partial charge in [-0.25, -0.2) is 0 Å².